The highest BCUT2D eigenvalue weighted by molar-refractivity contribution is 5.97. The van der Waals surface area contributed by atoms with E-state index in [1.807, 2.05) is 12.1 Å². The molecule has 2 atom stereocenters. The van der Waals surface area contributed by atoms with E-state index in [4.69, 9.17) is 0 Å². The van der Waals surface area contributed by atoms with Gasteiger partial charge in [0.25, 0.3) is 5.91 Å². The van der Waals surface area contributed by atoms with E-state index in [-0.39, 0.29) is 17.9 Å². The molecule has 0 saturated heterocycles. The minimum atomic E-state index is -0.277. The summed E-state index contributed by atoms with van der Waals surface area (Å²) in [6.45, 7) is 0.545. The van der Waals surface area contributed by atoms with E-state index in [0.717, 1.165) is 36.6 Å². The predicted octanol–water partition coefficient (Wildman–Crippen LogP) is 1.84. The Bertz CT molecular complexity index is 608. The van der Waals surface area contributed by atoms with Crippen LogP contribution in [0, 0.1) is 5.92 Å². The second-order valence-electron chi connectivity index (χ2n) is 5.49. The summed E-state index contributed by atoms with van der Waals surface area (Å²) >= 11 is 0. The normalized spacial score (nSPS) is 22.9. The molecule has 1 aromatic heterocycles. The molecule has 106 valence electrons. The third-order valence-electron chi connectivity index (χ3n) is 4.10. The van der Waals surface area contributed by atoms with E-state index >= 15 is 0 Å². The average Bonchev–Trinajstić information content (AvgIpc) is 2.93. The molecule has 1 aliphatic rings. The van der Waals surface area contributed by atoms with E-state index in [1.165, 1.54) is 0 Å². The number of aliphatic hydroxyl groups excluding tert-OH is 1. The second-order valence-corrected chi connectivity index (χ2v) is 5.49. The lowest BCUT2D eigenvalue weighted by Crippen LogP contribution is -2.36. The Labute approximate surface area is 117 Å². The maximum Gasteiger partial charge on any atom is 0.251 e. The fourth-order valence-electron chi connectivity index (χ4n) is 2.84. The van der Waals surface area contributed by atoms with Crippen LogP contribution in [0.4, 0.5) is 0 Å². The molecule has 1 fully saturated rings. The zero-order chi connectivity index (χ0) is 13.9. The van der Waals surface area contributed by atoms with Gasteiger partial charge in [-0.3, -0.25) is 9.89 Å². The predicted molar refractivity (Wildman–Crippen MR) is 76.4 cm³/mol. The highest BCUT2D eigenvalue weighted by atomic mass is 16.3. The molecule has 1 heterocycles. The lowest BCUT2D eigenvalue weighted by Gasteiger charge is -2.27. The van der Waals surface area contributed by atoms with Crippen LogP contribution >= 0.6 is 0 Å². The number of carbonyl (C=O) groups is 1. The standard InChI is InChI=1S/C15H19N3O2/c19-14-4-2-1-3-11(14)8-16-15(20)10-5-6-13-12(7-10)9-17-18-13/h5-7,9,11,14,19H,1-4,8H2,(H,16,20)(H,17,18). The summed E-state index contributed by atoms with van der Waals surface area (Å²) in [6.07, 6.45) is 5.49. The lowest BCUT2D eigenvalue weighted by atomic mass is 9.86. The van der Waals surface area contributed by atoms with Crippen LogP contribution in [0.3, 0.4) is 0 Å². The molecule has 0 bridgehead atoms. The van der Waals surface area contributed by atoms with Crippen molar-refractivity contribution in [3.8, 4) is 0 Å². The van der Waals surface area contributed by atoms with Crippen LogP contribution in [0.5, 0.6) is 0 Å². The first-order valence-corrected chi connectivity index (χ1v) is 7.13. The summed E-state index contributed by atoms with van der Waals surface area (Å²) in [6, 6.07) is 5.46. The van der Waals surface area contributed by atoms with Gasteiger partial charge in [0.05, 0.1) is 17.8 Å². The summed E-state index contributed by atoms with van der Waals surface area (Å²) in [5.41, 5.74) is 1.55. The van der Waals surface area contributed by atoms with E-state index < -0.39 is 0 Å². The SMILES string of the molecule is O=C(NCC1CCCCC1O)c1ccc2[nH]ncc2c1. The van der Waals surface area contributed by atoms with Gasteiger partial charge in [-0.05, 0) is 31.0 Å². The molecule has 20 heavy (non-hydrogen) atoms. The molecular weight excluding hydrogens is 254 g/mol. The number of nitrogens with zero attached hydrogens (tertiary/aromatic N) is 1. The summed E-state index contributed by atoms with van der Waals surface area (Å²) in [5, 5.41) is 20.6. The van der Waals surface area contributed by atoms with E-state index in [2.05, 4.69) is 15.5 Å². The Morgan fingerprint density at radius 3 is 3.10 bits per heavy atom. The average molecular weight is 273 g/mol. The van der Waals surface area contributed by atoms with Gasteiger partial charge in [-0.15, -0.1) is 0 Å². The van der Waals surface area contributed by atoms with Gasteiger partial charge < -0.3 is 10.4 Å². The quantitative estimate of drug-likeness (QED) is 0.798. The molecule has 0 spiro atoms. The van der Waals surface area contributed by atoms with Gasteiger partial charge in [-0.1, -0.05) is 12.8 Å². The molecule has 3 N–H and O–H groups in total. The first-order chi connectivity index (χ1) is 9.74. The monoisotopic (exact) mass is 273 g/mol. The topological polar surface area (TPSA) is 78.0 Å². The number of hydrogen-bond acceptors (Lipinski definition) is 3. The third-order valence-corrected chi connectivity index (χ3v) is 4.10. The molecule has 2 aromatic rings. The lowest BCUT2D eigenvalue weighted by molar-refractivity contribution is 0.0663. The highest BCUT2D eigenvalue weighted by Crippen LogP contribution is 2.23. The second kappa shape index (κ2) is 5.63. The first kappa shape index (κ1) is 13.1. The summed E-state index contributed by atoms with van der Waals surface area (Å²) < 4.78 is 0. The molecule has 0 radical (unpaired) electrons. The minimum absolute atomic E-state index is 0.0918. The Hall–Kier alpha value is -1.88. The number of rotatable bonds is 3. The number of nitrogens with one attached hydrogen (secondary N) is 2. The number of aromatic nitrogens is 2. The van der Waals surface area contributed by atoms with Crippen LogP contribution < -0.4 is 5.32 Å². The van der Waals surface area contributed by atoms with Crippen LogP contribution in [-0.4, -0.2) is 33.9 Å². The van der Waals surface area contributed by atoms with Crippen LogP contribution in [0.2, 0.25) is 0 Å². The molecular formula is C15H19N3O2. The van der Waals surface area contributed by atoms with Crippen molar-refractivity contribution in [2.45, 2.75) is 31.8 Å². The van der Waals surface area contributed by atoms with Crippen molar-refractivity contribution in [2.75, 3.05) is 6.54 Å². The largest absolute Gasteiger partial charge is 0.393 e. The summed E-state index contributed by atoms with van der Waals surface area (Å²) in [7, 11) is 0. The first-order valence-electron chi connectivity index (χ1n) is 7.13. The van der Waals surface area contributed by atoms with E-state index in [0.29, 0.717) is 12.1 Å². The van der Waals surface area contributed by atoms with Crippen molar-refractivity contribution in [1.82, 2.24) is 15.5 Å². The molecule has 1 aromatic carbocycles. The smallest absolute Gasteiger partial charge is 0.251 e. The summed E-state index contributed by atoms with van der Waals surface area (Å²) in [4.78, 5) is 12.1. The van der Waals surface area contributed by atoms with Crippen molar-refractivity contribution < 1.29 is 9.90 Å². The molecule has 5 heteroatoms. The van der Waals surface area contributed by atoms with Crippen molar-refractivity contribution in [1.29, 1.82) is 0 Å². The van der Waals surface area contributed by atoms with Crippen LogP contribution in [-0.2, 0) is 0 Å². The van der Waals surface area contributed by atoms with Gasteiger partial charge in [0.15, 0.2) is 0 Å². The number of fused-ring (bicyclic) bond motifs is 1. The number of carbonyl (C=O) groups excluding carboxylic acids is 1. The Kier molecular flexibility index (Phi) is 3.69. The zero-order valence-corrected chi connectivity index (χ0v) is 11.3. The van der Waals surface area contributed by atoms with Gasteiger partial charge in [0.2, 0.25) is 0 Å². The van der Waals surface area contributed by atoms with Crippen molar-refractivity contribution >= 4 is 16.8 Å². The van der Waals surface area contributed by atoms with Gasteiger partial charge in [-0.2, -0.15) is 5.10 Å². The number of aliphatic hydroxyl groups is 1. The maximum absolute atomic E-state index is 12.1. The van der Waals surface area contributed by atoms with Crippen LogP contribution in [0.25, 0.3) is 10.9 Å². The maximum atomic E-state index is 12.1. The van der Waals surface area contributed by atoms with Crippen molar-refractivity contribution in [3.05, 3.63) is 30.0 Å². The zero-order valence-electron chi connectivity index (χ0n) is 11.3. The van der Waals surface area contributed by atoms with E-state index in [9.17, 15) is 9.90 Å². The molecule has 3 rings (SSSR count). The van der Waals surface area contributed by atoms with Crippen LogP contribution in [0.15, 0.2) is 24.4 Å². The molecule has 1 aliphatic carbocycles. The van der Waals surface area contributed by atoms with Gasteiger partial charge in [-0.25, -0.2) is 0 Å². The molecule has 1 amide bonds. The molecule has 0 aliphatic heterocycles. The van der Waals surface area contributed by atoms with Crippen molar-refractivity contribution in [3.63, 3.8) is 0 Å². The summed E-state index contributed by atoms with van der Waals surface area (Å²) in [5.74, 6) is 0.0937. The minimum Gasteiger partial charge on any atom is -0.393 e. The number of benzene rings is 1. The molecule has 2 unspecified atom stereocenters. The molecule has 1 saturated carbocycles. The third kappa shape index (κ3) is 2.67. The highest BCUT2D eigenvalue weighted by Gasteiger charge is 2.23. The van der Waals surface area contributed by atoms with E-state index in [1.54, 1.807) is 12.3 Å². The van der Waals surface area contributed by atoms with Crippen molar-refractivity contribution in [2.24, 2.45) is 5.92 Å². The Morgan fingerprint density at radius 1 is 1.40 bits per heavy atom. The van der Waals surface area contributed by atoms with Gasteiger partial charge in [0.1, 0.15) is 0 Å². The Balaban J connectivity index is 1.63. The van der Waals surface area contributed by atoms with Gasteiger partial charge in [0, 0.05) is 23.4 Å². The number of H-pyrrole nitrogens is 1. The fraction of sp³-hybridized carbons (Fsp3) is 0.467. The molecule has 5 nitrogen and oxygen atoms in total. The fourth-order valence-corrected chi connectivity index (χ4v) is 2.84. The number of amides is 1. The van der Waals surface area contributed by atoms with Gasteiger partial charge >= 0.3 is 0 Å². The van der Waals surface area contributed by atoms with Crippen LogP contribution in [0.1, 0.15) is 36.0 Å². The Morgan fingerprint density at radius 2 is 2.25 bits per heavy atom. The number of hydrogen-bond donors (Lipinski definition) is 3. The number of aromatic amines is 1.